The number of nitrogens with zero attached hydrogens (tertiary/aromatic N) is 1. The topological polar surface area (TPSA) is 42.0 Å². The first-order chi connectivity index (χ1) is 8.83. The summed E-state index contributed by atoms with van der Waals surface area (Å²) in [5.41, 5.74) is 1.06. The van der Waals surface area contributed by atoms with Gasteiger partial charge < -0.3 is 5.32 Å². The molecule has 1 aromatic carbocycles. The summed E-state index contributed by atoms with van der Waals surface area (Å²) in [4.78, 5) is 16.9. The summed E-state index contributed by atoms with van der Waals surface area (Å²) < 4.78 is 0. The SMILES string of the molecule is O=C(NCC1CC1)c1cnc(-c2ccccc2)s1. The molecule has 0 aliphatic heterocycles. The van der Waals surface area contributed by atoms with Crippen LogP contribution in [-0.2, 0) is 0 Å². The van der Waals surface area contributed by atoms with Crippen molar-refractivity contribution < 1.29 is 4.79 Å². The highest BCUT2D eigenvalue weighted by atomic mass is 32.1. The van der Waals surface area contributed by atoms with E-state index in [9.17, 15) is 4.79 Å². The van der Waals surface area contributed by atoms with Crippen LogP contribution < -0.4 is 5.32 Å². The molecule has 0 saturated heterocycles. The van der Waals surface area contributed by atoms with Crippen molar-refractivity contribution in [2.75, 3.05) is 6.54 Å². The van der Waals surface area contributed by atoms with Gasteiger partial charge in [0.15, 0.2) is 0 Å². The van der Waals surface area contributed by atoms with Gasteiger partial charge in [-0.05, 0) is 18.8 Å². The molecule has 0 bridgehead atoms. The van der Waals surface area contributed by atoms with Crippen LogP contribution in [0.2, 0.25) is 0 Å². The highest BCUT2D eigenvalue weighted by Gasteiger charge is 2.22. The number of nitrogens with one attached hydrogen (secondary N) is 1. The quantitative estimate of drug-likeness (QED) is 0.916. The van der Waals surface area contributed by atoms with Gasteiger partial charge in [0.1, 0.15) is 9.88 Å². The first kappa shape index (κ1) is 11.4. The fourth-order valence-electron chi connectivity index (χ4n) is 1.74. The van der Waals surface area contributed by atoms with Gasteiger partial charge in [-0.25, -0.2) is 4.98 Å². The molecule has 2 aromatic rings. The number of benzene rings is 1. The van der Waals surface area contributed by atoms with Gasteiger partial charge in [0.2, 0.25) is 0 Å². The van der Waals surface area contributed by atoms with Crippen molar-refractivity contribution in [2.24, 2.45) is 5.92 Å². The zero-order valence-electron chi connectivity index (χ0n) is 9.93. The Hall–Kier alpha value is -1.68. The van der Waals surface area contributed by atoms with Gasteiger partial charge in [-0.3, -0.25) is 4.79 Å². The Balaban J connectivity index is 1.70. The van der Waals surface area contributed by atoms with Crippen molar-refractivity contribution in [3.05, 3.63) is 41.4 Å². The van der Waals surface area contributed by atoms with Crippen molar-refractivity contribution >= 4 is 17.2 Å². The van der Waals surface area contributed by atoms with Gasteiger partial charge in [0.25, 0.3) is 5.91 Å². The zero-order valence-corrected chi connectivity index (χ0v) is 10.7. The normalized spacial score (nSPS) is 14.4. The fourth-order valence-corrected chi connectivity index (χ4v) is 2.58. The second kappa shape index (κ2) is 4.90. The highest BCUT2D eigenvalue weighted by molar-refractivity contribution is 7.16. The minimum atomic E-state index is 0.00146. The summed E-state index contributed by atoms with van der Waals surface area (Å²) in [6.07, 6.45) is 4.16. The van der Waals surface area contributed by atoms with E-state index in [-0.39, 0.29) is 5.91 Å². The molecule has 3 nitrogen and oxygen atoms in total. The Morgan fingerprint density at radius 3 is 2.83 bits per heavy atom. The highest BCUT2D eigenvalue weighted by Crippen LogP contribution is 2.28. The number of thiazole rings is 1. The Morgan fingerprint density at radius 1 is 1.33 bits per heavy atom. The molecule has 1 saturated carbocycles. The van der Waals surface area contributed by atoms with Gasteiger partial charge in [0, 0.05) is 12.1 Å². The van der Waals surface area contributed by atoms with Crippen LogP contribution in [0.15, 0.2) is 36.5 Å². The van der Waals surface area contributed by atoms with Crippen LogP contribution >= 0.6 is 11.3 Å². The van der Waals surface area contributed by atoms with E-state index in [1.165, 1.54) is 24.2 Å². The summed E-state index contributed by atoms with van der Waals surface area (Å²) in [5, 5.41) is 3.85. The number of aromatic nitrogens is 1. The minimum Gasteiger partial charge on any atom is -0.351 e. The number of hydrogen-bond acceptors (Lipinski definition) is 3. The van der Waals surface area contributed by atoms with E-state index in [2.05, 4.69) is 10.3 Å². The number of rotatable bonds is 4. The second-order valence-electron chi connectivity index (χ2n) is 4.55. The Morgan fingerprint density at radius 2 is 2.11 bits per heavy atom. The van der Waals surface area contributed by atoms with Gasteiger partial charge in [-0.1, -0.05) is 30.3 Å². The smallest absolute Gasteiger partial charge is 0.263 e. The molecular weight excluding hydrogens is 244 g/mol. The molecule has 18 heavy (non-hydrogen) atoms. The van der Waals surface area contributed by atoms with E-state index in [0.717, 1.165) is 17.1 Å². The Kier molecular flexibility index (Phi) is 3.11. The lowest BCUT2D eigenvalue weighted by Crippen LogP contribution is -2.24. The van der Waals surface area contributed by atoms with Gasteiger partial charge >= 0.3 is 0 Å². The molecule has 1 heterocycles. The zero-order chi connectivity index (χ0) is 12.4. The van der Waals surface area contributed by atoms with Crippen molar-refractivity contribution in [1.82, 2.24) is 10.3 Å². The van der Waals surface area contributed by atoms with Crippen molar-refractivity contribution in [1.29, 1.82) is 0 Å². The first-order valence-electron chi connectivity index (χ1n) is 6.12. The third kappa shape index (κ3) is 2.59. The predicted octanol–water partition coefficient (Wildman–Crippen LogP) is 2.95. The number of amides is 1. The lowest BCUT2D eigenvalue weighted by atomic mass is 10.2. The van der Waals surface area contributed by atoms with E-state index in [0.29, 0.717) is 10.8 Å². The summed E-state index contributed by atoms with van der Waals surface area (Å²) in [7, 11) is 0. The van der Waals surface area contributed by atoms with E-state index in [4.69, 9.17) is 0 Å². The molecule has 0 unspecified atom stereocenters. The molecule has 0 radical (unpaired) electrons. The standard InChI is InChI=1S/C14H14N2OS/c17-13(15-8-10-6-7-10)12-9-16-14(18-12)11-4-2-1-3-5-11/h1-5,9-10H,6-8H2,(H,15,17). The van der Waals surface area contributed by atoms with Crippen LogP contribution in [0.25, 0.3) is 10.6 Å². The van der Waals surface area contributed by atoms with E-state index in [1.807, 2.05) is 30.3 Å². The molecule has 1 aliphatic carbocycles. The summed E-state index contributed by atoms with van der Waals surface area (Å²) in [5.74, 6) is 0.706. The van der Waals surface area contributed by atoms with Crippen molar-refractivity contribution in [3.63, 3.8) is 0 Å². The summed E-state index contributed by atoms with van der Waals surface area (Å²) in [6.45, 7) is 0.803. The van der Waals surface area contributed by atoms with Gasteiger partial charge in [-0.15, -0.1) is 11.3 Å². The molecule has 1 aromatic heterocycles. The molecule has 1 fully saturated rings. The molecule has 0 atom stereocenters. The molecule has 92 valence electrons. The van der Waals surface area contributed by atoms with Crippen molar-refractivity contribution in [3.8, 4) is 10.6 Å². The molecule has 1 aliphatic rings. The summed E-state index contributed by atoms with van der Waals surface area (Å²) >= 11 is 1.44. The maximum absolute atomic E-state index is 11.9. The average Bonchev–Trinajstić information content (AvgIpc) is 3.11. The molecule has 1 N–H and O–H groups in total. The lowest BCUT2D eigenvalue weighted by Gasteiger charge is -2.00. The van der Waals surface area contributed by atoms with Crippen molar-refractivity contribution in [2.45, 2.75) is 12.8 Å². The van der Waals surface area contributed by atoms with Crippen LogP contribution in [-0.4, -0.2) is 17.4 Å². The second-order valence-corrected chi connectivity index (χ2v) is 5.58. The molecule has 1 amide bonds. The maximum atomic E-state index is 11.9. The lowest BCUT2D eigenvalue weighted by molar-refractivity contribution is 0.0955. The van der Waals surface area contributed by atoms with Crippen LogP contribution in [0.3, 0.4) is 0 Å². The Bertz CT molecular complexity index is 546. The first-order valence-corrected chi connectivity index (χ1v) is 6.94. The molecule has 0 spiro atoms. The van der Waals surface area contributed by atoms with E-state index >= 15 is 0 Å². The minimum absolute atomic E-state index is 0.00146. The van der Waals surface area contributed by atoms with Gasteiger partial charge in [-0.2, -0.15) is 0 Å². The monoisotopic (exact) mass is 258 g/mol. The number of carbonyl (C=O) groups excluding carboxylic acids is 1. The molecular formula is C14H14N2OS. The van der Waals surface area contributed by atoms with Crippen LogP contribution in [0, 0.1) is 5.92 Å². The van der Waals surface area contributed by atoms with E-state index in [1.54, 1.807) is 6.20 Å². The fraction of sp³-hybridized carbons (Fsp3) is 0.286. The molecule has 4 heteroatoms. The van der Waals surface area contributed by atoms with E-state index < -0.39 is 0 Å². The van der Waals surface area contributed by atoms with Gasteiger partial charge in [0.05, 0.1) is 6.20 Å². The summed E-state index contributed by atoms with van der Waals surface area (Å²) in [6, 6.07) is 9.93. The largest absolute Gasteiger partial charge is 0.351 e. The third-order valence-corrected chi connectivity index (χ3v) is 4.04. The third-order valence-electron chi connectivity index (χ3n) is 3.00. The maximum Gasteiger partial charge on any atom is 0.263 e. The molecule has 3 rings (SSSR count). The van der Waals surface area contributed by atoms with Crippen LogP contribution in [0.5, 0.6) is 0 Å². The van der Waals surface area contributed by atoms with Crippen LogP contribution in [0.1, 0.15) is 22.5 Å². The predicted molar refractivity (Wildman–Crippen MR) is 72.6 cm³/mol. The number of carbonyl (C=O) groups is 1. The number of hydrogen-bond donors (Lipinski definition) is 1. The average molecular weight is 258 g/mol. The Labute approximate surface area is 110 Å². The van der Waals surface area contributed by atoms with Crippen LogP contribution in [0.4, 0.5) is 0 Å².